The summed E-state index contributed by atoms with van der Waals surface area (Å²) in [7, 11) is 1.58. The molecule has 5 heteroatoms. The average molecular weight is 208 g/mol. The number of benzene rings is 1. The van der Waals surface area contributed by atoms with Gasteiger partial charge in [0.2, 0.25) is 0 Å². The minimum Gasteiger partial charge on any atom is -0.497 e. The van der Waals surface area contributed by atoms with Crippen molar-refractivity contribution in [2.45, 2.75) is 6.92 Å². The first-order chi connectivity index (χ1) is 7.26. The Morgan fingerprint density at radius 3 is 2.53 bits per heavy atom. The Labute approximate surface area is 87.7 Å². The van der Waals surface area contributed by atoms with Crippen molar-refractivity contribution in [2.75, 3.05) is 13.7 Å². The third-order valence-electron chi connectivity index (χ3n) is 1.59. The number of carbonyl (C=O) groups is 1. The fourth-order valence-electron chi connectivity index (χ4n) is 0.900. The minimum atomic E-state index is -0.687. The summed E-state index contributed by atoms with van der Waals surface area (Å²) in [5, 5.41) is 7.06. The molecule has 1 aromatic carbocycles. The Hall–Kier alpha value is -1.91. The molecule has 0 atom stereocenters. The van der Waals surface area contributed by atoms with E-state index in [1.165, 1.54) is 0 Å². The van der Waals surface area contributed by atoms with Gasteiger partial charge in [-0.15, -0.1) is 5.11 Å². The van der Waals surface area contributed by atoms with Gasteiger partial charge >= 0.3 is 6.09 Å². The van der Waals surface area contributed by atoms with E-state index in [1.54, 1.807) is 38.3 Å². The summed E-state index contributed by atoms with van der Waals surface area (Å²) >= 11 is 0. The molecule has 0 aromatic heterocycles. The number of hydrogen-bond acceptors (Lipinski definition) is 4. The zero-order valence-electron chi connectivity index (χ0n) is 8.64. The van der Waals surface area contributed by atoms with E-state index in [1.807, 2.05) is 0 Å². The van der Waals surface area contributed by atoms with Crippen LogP contribution in [0.2, 0.25) is 0 Å². The number of carbonyl (C=O) groups excluding carboxylic acids is 1. The van der Waals surface area contributed by atoms with E-state index in [0.29, 0.717) is 12.3 Å². The van der Waals surface area contributed by atoms with Crippen molar-refractivity contribution in [1.29, 1.82) is 0 Å². The molecular weight excluding hydrogens is 196 g/mol. The van der Waals surface area contributed by atoms with E-state index >= 15 is 0 Å². The van der Waals surface area contributed by atoms with Crippen LogP contribution in [0.1, 0.15) is 6.92 Å². The summed E-state index contributed by atoms with van der Waals surface area (Å²) in [4.78, 5) is 10.8. The molecule has 0 fully saturated rings. The second kappa shape index (κ2) is 5.74. The van der Waals surface area contributed by atoms with Crippen LogP contribution in [0, 0.1) is 0 Å². The van der Waals surface area contributed by atoms with Crippen LogP contribution in [0.15, 0.2) is 34.5 Å². The Balaban J connectivity index is 2.60. The number of methoxy groups -OCH3 is 1. The molecule has 1 aromatic rings. The number of ether oxygens (including phenoxy) is 2. The van der Waals surface area contributed by atoms with Gasteiger partial charge in [0.05, 0.1) is 19.4 Å². The van der Waals surface area contributed by atoms with Crippen molar-refractivity contribution in [1.82, 2.24) is 0 Å². The summed E-state index contributed by atoms with van der Waals surface area (Å²) < 4.78 is 9.55. The molecule has 0 bridgehead atoms. The third-order valence-corrected chi connectivity index (χ3v) is 1.59. The first kappa shape index (κ1) is 11.2. The highest BCUT2D eigenvalue weighted by molar-refractivity contribution is 5.67. The van der Waals surface area contributed by atoms with Crippen LogP contribution in [0.4, 0.5) is 10.5 Å². The van der Waals surface area contributed by atoms with Crippen LogP contribution < -0.4 is 4.74 Å². The van der Waals surface area contributed by atoms with Crippen LogP contribution in [0.3, 0.4) is 0 Å². The third kappa shape index (κ3) is 3.76. The standard InChI is InChI=1S/C10H12N2O3/c1-3-15-10(13)12-11-8-4-6-9(14-2)7-5-8/h4-7H,3H2,1-2H3. The van der Waals surface area contributed by atoms with Gasteiger partial charge in [0.1, 0.15) is 5.75 Å². The highest BCUT2D eigenvalue weighted by Crippen LogP contribution is 2.17. The number of hydrogen-bond donors (Lipinski definition) is 0. The van der Waals surface area contributed by atoms with Crippen molar-refractivity contribution in [3.63, 3.8) is 0 Å². The molecular formula is C10H12N2O3. The van der Waals surface area contributed by atoms with Gasteiger partial charge in [-0.1, -0.05) is 5.11 Å². The normalized spacial score (nSPS) is 10.3. The van der Waals surface area contributed by atoms with Crippen LogP contribution in [0.25, 0.3) is 0 Å². The Bertz CT molecular complexity index is 346. The second-order valence-electron chi connectivity index (χ2n) is 2.60. The first-order valence-corrected chi connectivity index (χ1v) is 4.48. The lowest BCUT2D eigenvalue weighted by Gasteiger charge is -1.98. The van der Waals surface area contributed by atoms with Crippen molar-refractivity contribution in [2.24, 2.45) is 10.2 Å². The maximum atomic E-state index is 10.8. The van der Waals surface area contributed by atoms with Crippen LogP contribution in [-0.2, 0) is 4.74 Å². The topological polar surface area (TPSA) is 60.2 Å². The van der Waals surface area contributed by atoms with Crippen molar-refractivity contribution in [3.8, 4) is 5.75 Å². The van der Waals surface area contributed by atoms with Crippen LogP contribution in [-0.4, -0.2) is 19.8 Å². The smallest absolute Gasteiger partial charge is 0.452 e. The van der Waals surface area contributed by atoms with E-state index in [2.05, 4.69) is 15.0 Å². The second-order valence-corrected chi connectivity index (χ2v) is 2.60. The Morgan fingerprint density at radius 1 is 1.33 bits per heavy atom. The molecule has 0 aliphatic rings. The molecule has 5 nitrogen and oxygen atoms in total. The summed E-state index contributed by atoms with van der Waals surface area (Å²) in [6.07, 6.45) is -0.687. The number of amides is 1. The molecule has 80 valence electrons. The molecule has 15 heavy (non-hydrogen) atoms. The summed E-state index contributed by atoms with van der Waals surface area (Å²) in [5.41, 5.74) is 0.573. The van der Waals surface area contributed by atoms with Crippen molar-refractivity contribution in [3.05, 3.63) is 24.3 Å². The molecule has 0 heterocycles. The molecule has 0 saturated heterocycles. The van der Waals surface area contributed by atoms with Gasteiger partial charge in [0.25, 0.3) is 0 Å². The predicted molar refractivity (Wildman–Crippen MR) is 54.5 cm³/mol. The monoisotopic (exact) mass is 208 g/mol. The molecule has 0 aliphatic carbocycles. The zero-order valence-corrected chi connectivity index (χ0v) is 8.64. The molecule has 0 N–H and O–H groups in total. The van der Waals surface area contributed by atoms with Gasteiger partial charge in [0.15, 0.2) is 0 Å². The molecule has 0 unspecified atom stereocenters. The van der Waals surface area contributed by atoms with Gasteiger partial charge in [0, 0.05) is 0 Å². The van der Waals surface area contributed by atoms with E-state index in [9.17, 15) is 4.79 Å². The number of nitrogens with zero attached hydrogens (tertiary/aromatic N) is 2. The lowest BCUT2D eigenvalue weighted by atomic mass is 10.3. The summed E-state index contributed by atoms with van der Waals surface area (Å²) in [6, 6.07) is 6.86. The van der Waals surface area contributed by atoms with Gasteiger partial charge in [-0.2, -0.15) is 0 Å². The first-order valence-electron chi connectivity index (χ1n) is 4.48. The number of rotatable bonds is 3. The molecule has 0 aliphatic heterocycles. The fourth-order valence-corrected chi connectivity index (χ4v) is 0.900. The van der Waals surface area contributed by atoms with Gasteiger partial charge in [-0.25, -0.2) is 4.79 Å². The fraction of sp³-hybridized carbons (Fsp3) is 0.300. The minimum absolute atomic E-state index is 0.292. The van der Waals surface area contributed by atoms with E-state index < -0.39 is 6.09 Å². The largest absolute Gasteiger partial charge is 0.497 e. The predicted octanol–water partition coefficient (Wildman–Crippen LogP) is 2.94. The molecule has 0 saturated carbocycles. The van der Waals surface area contributed by atoms with Crippen LogP contribution in [0.5, 0.6) is 5.75 Å². The Kier molecular flexibility index (Phi) is 4.28. The quantitative estimate of drug-likeness (QED) is 0.717. The number of azo groups is 1. The zero-order chi connectivity index (χ0) is 11.1. The van der Waals surface area contributed by atoms with Crippen molar-refractivity contribution >= 4 is 11.8 Å². The molecule has 1 rings (SSSR count). The van der Waals surface area contributed by atoms with Crippen molar-refractivity contribution < 1.29 is 14.3 Å². The maximum Gasteiger partial charge on any atom is 0.452 e. The summed E-state index contributed by atoms with van der Waals surface area (Å²) in [6.45, 7) is 2.00. The van der Waals surface area contributed by atoms with E-state index in [4.69, 9.17) is 4.74 Å². The Morgan fingerprint density at radius 2 is 2.00 bits per heavy atom. The van der Waals surface area contributed by atoms with Gasteiger partial charge in [-0.3, -0.25) is 0 Å². The maximum absolute atomic E-state index is 10.8. The molecule has 1 amide bonds. The summed E-state index contributed by atoms with van der Waals surface area (Å²) in [5.74, 6) is 0.727. The van der Waals surface area contributed by atoms with E-state index in [0.717, 1.165) is 5.75 Å². The lowest BCUT2D eigenvalue weighted by molar-refractivity contribution is 0.162. The average Bonchev–Trinajstić information content (AvgIpc) is 2.27. The molecule has 0 radical (unpaired) electrons. The SMILES string of the molecule is CCOC(=O)N=Nc1ccc(OC)cc1. The van der Waals surface area contributed by atoms with Crippen LogP contribution >= 0.6 is 0 Å². The van der Waals surface area contributed by atoms with Gasteiger partial charge in [-0.05, 0) is 31.2 Å². The van der Waals surface area contributed by atoms with E-state index in [-0.39, 0.29) is 0 Å². The van der Waals surface area contributed by atoms with Gasteiger partial charge < -0.3 is 9.47 Å². The highest BCUT2D eigenvalue weighted by Gasteiger charge is 1.97. The molecule has 0 spiro atoms. The lowest BCUT2D eigenvalue weighted by Crippen LogP contribution is -1.95. The highest BCUT2D eigenvalue weighted by atomic mass is 16.5.